The van der Waals surface area contributed by atoms with Crippen molar-refractivity contribution in [2.75, 3.05) is 13.2 Å². The lowest BCUT2D eigenvalue weighted by Crippen LogP contribution is -2.23. The van der Waals surface area contributed by atoms with Crippen molar-refractivity contribution in [2.24, 2.45) is 0 Å². The third-order valence-electron chi connectivity index (χ3n) is 6.31. The quantitative estimate of drug-likeness (QED) is 0.176. The minimum Gasteiger partial charge on any atom is -0.488 e. The number of carbonyl (C=O) groups is 2. The average molecular weight is 638 g/mol. The fourth-order valence-electron chi connectivity index (χ4n) is 4.20. The summed E-state index contributed by atoms with van der Waals surface area (Å²) in [6.45, 7) is 10.7. The third-order valence-corrected chi connectivity index (χ3v) is 6.31. The normalized spacial score (nSPS) is 10.3. The zero-order valence-electron chi connectivity index (χ0n) is 26.9. The molecule has 1 amide bonds. The van der Waals surface area contributed by atoms with Gasteiger partial charge in [0.05, 0.1) is 18.6 Å². The van der Waals surface area contributed by atoms with E-state index in [-0.39, 0.29) is 25.1 Å². The van der Waals surface area contributed by atoms with Crippen molar-refractivity contribution in [1.82, 2.24) is 5.32 Å². The summed E-state index contributed by atoms with van der Waals surface area (Å²) < 4.78 is 55.2. The summed E-state index contributed by atoms with van der Waals surface area (Å²) in [7, 11) is 0. The Hall–Kier alpha value is -4.79. The Kier molecular flexibility index (Phi) is 15.9. The number of amides is 1. The summed E-state index contributed by atoms with van der Waals surface area (Å²) in [5.41, 5.74) is 3.66. The molecule has 46 heavy (non-hydrogen) atoms. The number of hydrogen-bond acceptors (Lipinski definition) is 5. The van der Waals surface area contributed by atoms with E-state index in [4.69, 9.17) is 14.2 Å². The van der Waals surface area contributed by atoms with Crippen molar-refractivity contribution in [1.29, 1.82) is 0 Å². The number of rotatable bonds is 10. The molecule has 0 aliphatic rings. The van der Waals surface area contributed by atoms with Gasteiger partial charge in [0.1, 0.15) is 19.0 Å². The van der Waals surface area contributed by atoms with E-state index in [1.807, 2.05) is 81.4 Å². The van der Waals surface area contributed by atoms with Gasteiger partial charge < -0.3 is 19.5 Å². The fourth-order valence-corrected chi connectivity index (χ4v) is 4.20. The van der Waals surface area contributed by atoms with Gasteiger partial charge in [-0.05, 0) is 72.9 Å². The first-order chi connectivity index (χ1) is 22.1. The lowest BCUT2D eigenvalue weighted by molar-refractivity contribution is -0.142. The van der Waals surface area contributed by atoms with Crippen LogP contribution in [0.3, 0.4) is 0 Å². The van der Waals surface area contributed by atoms with E-state index in [1.165, 1.54) is 6.07 Å². The molecule has 0 radical (unpaired) electrons. The molecule has 0 aliphatic heterocycles. The molecule has 246 valence electrons. The number of alkyl halides is 3. The van der Waals surface area contributed by atoms with Crippen LogP contribution < -0.4 is 10.1 Å². The van der Waals surface area contributed by atoms with Crippen LogP contribution in [-0.2, 0) is 40.1 Å². The molecule has 0 atom stereocenters. The number of benzene rings is 4. The van der Waals surface area contributed by atoms with Crippen molar-refractivity contribution < 1.29 is 37.0 Å². The van der Waals surface area contributed by atoms with Gasteiger partial charge in [-0.2, -0.15) is 13.2 Å². The number of ether oxygens (including phenoxy) is 3. The smallest absolute Gasteiger partial charge is 0.416 e. The van der Waals surface area contributed by atoms with Crippen LogP contribution in [0.5, 0.6) is 5.75 Å². The Morgan fingerprint density at radius 2 is 1.33 bits per heavy atom. The molecule has 9 heteroatoms. The number of alkyl carbamates (subject to hydrolysis) is 1. The Morgan fingerprint density at radius 3 is 1.87 bits per heavy atom. The second-order valence-electron chi connectivity index (χ2n) is 9.71. The van der Waals surface area contributed by atoms with Gasteiger partial charge in [0.2, 0.25) is 0 Å². The van der Waals surface area contributed by atoms with Gasteiger partial charge in [0.25, 0.3) is 0 Å². The monoisotopic (exact) mass is 637 g/mol. The molecule has 0 saturated carbocycles. The number of carbonyl (C=O) groups excluding carboxylic acids is 2. The predicted molar refractivity (Wildman–Crippen MR) is 174 cm³/mol. The molecule has 4 aromatic carbocycles. The molecule has 1 N–H and O–H groups in total. The first kappa shape index (κ1) is 37.4. The van der Waals surface area contributed by atoms with Gasteiger partial charge in [-0.3, -0.25) is 4.79 Å². The van der Waals surface area contributed by atoms with Crippen molar-refractivity contribution in [3.05, 3.63) is 125 Å². The largest absolute Gasteiger partial charge is 0.488 e. The van der Waals surface area contributed by atoms with Gasteiger partial charge in [0, 0.05) is 12.1 Å². The second-order valence-corrected chi connectivity index (χ2v) is 9.71. The van der Waals surface area contributed by atoms with Gasteiger partial charge in [-0.25, -0.2) is 4.79 Å². The molecule has 4 rings (SSSR count). The van der Waals surface area contributed by atoms with Gasteiger partial charge in [-0.15, -0.1) is 0 Å². The highest BCUT2D eigenvalue weighted by molar-refractivity contribution is 5.77. The Bertz CT molecular complexity index is 1490. The van der Waals surface area contributed by atoms with E-state index in [1.54, 1.807) is 32.0 Å². The summed E-state index contributed by atoms with van der Waals surface area (Å²) in [6, 6.07) is 28.1. The molecule has 0 saturated heterocycles. The minimum atomic E-state index is -4.41. The van der Waals surface area contributed by atoms with E-state index in [9.17, 15) is 22.8 Å². The standard InChI is InChI=1S/C25H23F3O3.C10H13NO2.C2H6/c1-3-30-24(29)15-19-9-12-23(31-16-18-7-5-4-6-8-18)22(14-19)21-11-10-20(13-17(21)2)25(26,27)28;1-2-11-10(12)13-8-9-6-4-3-5-7-9;1-2/h4-14H,3,15-16H2,1-2H3;3-7H,2,8H2,1H3,(H,11,12);1-2H3. The maximum atomic E-state index is 13.1. The van der Waals surface area contributed by atoms with Crippen LogP contribution in [0.25, 0.3) is 11.1 Å². The van der Waals surface area contributed by atoms with Crippen molar-refractivity contribution >= 4 is 12.1 Å². The van der Waals surface area contributed by atoms with Crippen LogP contribution in [0.1, 0.15) is 55.5 Å². The highest BCUT2D eigenvalue weighted by Crippen LogP contribution is 2.37. The Morgan fingerprint density at radius 1 is 0.717 bits per heavy atom. The molecule has 0 aliphatic carbocycles. The molecule has 6 nitrogen and oxygen atoms in total. The lowest BCUT2D eigenvalue weighted by Gasteiger charge is -2.16. The summed E-state index contributed by atoms with van der Waals surface area (Å²) >= 11 is 0. The van der Waals surface area contributed by atoms with Crippen LogP contribution in [0, 0.1) is 6.92 Å². The van der Waals surface area contributed by atoms with E-state index >= 15 is 0 Å². The molecule has 0 aromatic heterocycles. The zero-order chi connectivity index (χ0) is 34.0. The highest BCUT2D eigenvalue weighted by atomic mass is 19.4. The topological polar surface area (TPSA) is 73.9 Å². The van der Waals surface area contributed by atoms with Crippen LogP contribution >= 0.6 is 0 Å². The third kappa shape index (κ3) is 12.7. The number of aryl methyl sites for hydroxylation is 1. The molecule has 0 bridgehead atoms. The predicted octanol–water partition coefficient (Wildman–Crippen LogP) is 9.32. The summed E-state index contributed by atoms with van der Waals surface area (Å²) in [6.07, 6.45) is -4.72. The van der Waals surface area contributed by atoms with E-state index < -0.39 is 11.7 Å². The van der Waals surface area contributed by atoms with Crippen LogP contribution in [-0.4, -0.2) is 25.2 Å². The molecule has 0 heterocycles. The Labute approximate surface area is 269 Å². The molecule has 0 unspecified atom stereocenters. The first-order valence-corrected chi connectivity index (χ1v) is 15.2. The summed E-state index contributed by atoms with van der Waals surface area (Å²) in [4.78, 5) is 22.8. The SMILES string of the molecule is CC.CCNC(=O)OCc1ccccc1.CCOC(=O)Cc1ccc(OCc2ccccc2)c(-c2ccc(C(F)(F)F)cc2C)c1. The number of nitrogens with one attached hydrogen (secondary N) is 1. The molecular weight excluding hydrogens is 595 g/mol. The van der Waals surface area contributed by atoms with Crippen LogP contribution in [0.2, 0.25) is 0 Å². The van der Waals surface area contributed by atoms with E-state index in [2.05, 4.69) is 5.32 Å². The van der Waals surface area contributed by atoms with E-state index in [0.717, 1.165) is 23.3 Å². The van der Waals surface area contributed by atoms with Crippen molar-refractivity contribution in [3.8, 4) is 16.9 Å². The average Bonchev–Trinajstić information content (AvgIpc) is 3.05. The number of halogens is 3. The Balaban J connectivity index is 0.000000410. The molecule has 0 fully saturated rings. The zero-order valence-corrected chi connectivity index (χ0v) is 26.9. The van der Waals surface area contributed by atoms with Crippen molar-refractivity contribution in [2.45, 2.75) is 60.4 Å². The van der Waals surface area contributed by atoms with Crippen LogP contribution in [0.15, 0.2) is 97.1 Å². The molecule has 0 spiro atoms. The van der Waals surface area contributed by atoms with Crippen molar-refractivity contribution in [3.63, 3.8) is 0 Å². The van der Waals surface area contributed by atoms with Gasteiger partial charge in [-0.1, -0.05) is 86.6 Å². The molecule has 4 aromatic rings. The molecular formula is C37H42F3NO5. The maximum absolute atomic E-state index is 13.1. The first-order valence-electron chi connectivity index (χ1n) is 15.2. The number of hydrogen-bond donors (Lipinski definition) is 1. The fraction of sp³-hybridized carbons (Fsp3) is 0.297. The minimum absolute atomic E-state index is 0.0689. The van der Waals surface area contributed by atoms with Gasteiger partial charge >= 0.3 is 18.2 Å². The highest BCUT2D eigenvalue weighted by Gasteiger charge is 2.30. The van der Waals surface area contributed by atoms with E-state index in [0.29, 0.717) is 47.8 Å². The van der Waals surface area contributed by atoms with Gasteiger partial charge in [0.15, 0.2) is 0 Å². The maximum Gasteiger partial charge on any atom is 0.416 e. The summed E-state index contributed by atoms with van der Waals surface area (Å²) in [5.74, 6) is 0.162. The lowest BCUT2D eigenvalue weighted by atomic mass is 9.95. The van der Waals surface area contributed by atoms with Crippen LogP contribution in [0.4, 0.5) is 18.0 Å². The summed E-state index contributed by atoms with van der Waals surface area (Å²) in [5, 5.41) is 2.55. The second kappa shape index (κ2) is 19.6. The number of esters is 1.